The third kappa shape index (κ3) is 5.21. The number of ether oxygens (including phenoxy) is 4. The van der Waals surface area contributed by atoms with Crippen molar-refractivity contribution >= 4 is 11.4 Å². The number of benzene rings is 2. The first kappa shape index (κ1) is 19.6. The van der Waals surface area contributed by atoms with Crippen molar-refractivity contribution in [3.63, 3.8) is 0 Å². The zero-order chi connectivity index (χ0) is 20.7. The number of rotatable bonds is 12. The van der Waals surface area contributed by atoms with Crippen molar-refractivity contribution in [3.8, 4) is 0 Å². The molecular formula is C25H30N2O4. The molecule has 4 aliphatic rings. The lowest BCUT2D eigenvalue weighted by Crippen LogP contribution is -2.49. The third-order valence-corrected chi connectivity index (χ3v) is 6.45. The molecule has 4 atom stereocenters. The Kier molecular flexibility index (Phi) is 5.11. The summed E-state index contributed by atoms with van der Waals surface area (Å²) in [6, 6.07) is 17.0. The van der Waals surface area contributed by atoms with Crippen LogP contribution in [0.2, 0.25) is 0 Å². The van der Waals surface area contributed by atoms with E-state index in [2.05, 4.69) is 53.1 Å². The molecule has 0 bridgehead atoms. The number of nitrogens with one attached hydrogen (secondary N) is 2. The predicted octanol–water partition coefficient (Wildman–Crippen LogP) is 3.37. The van der Waals surface area contributed by atoms with Gasteiger partial charge >= 0.3 is 0 Å². The molecule has 6 nitrogen and oxygen atoms in total. The van der Waals surface area contributed by atoms with Crippen molar-refractivity contribution in [1.82, 2.24) is 0 Å². The number of hydrogen-bond acceptors (Lipinski definition) is 6. The first-order valence-electron chi connectivity index (χ1n) is 11.4. The Morgan fingerprint density at radius 1 is 0.677 bits per heavy atom. The van der Waals surface area contributed by atoms with Gasteiger partial charge in [0.1, 0.15) is 5.66 Å². The van der Waals surface area contributed by atoms with Gasteiger partial charge in [0, 0.05) is 37.1 Å². The second-order valence-corrected chi connectivity index (χ2v) is 9.28. The van der Waals surface area contributed by atoms with Crippen LogP contribution in [0.15, 0.2) is 48.5 Å². The van der Waals surface area contributed by atoms with Gasteiger partial charge in [0.15, 0.2) is 0 Å². The van der Waals surface area contributed by atoms with Crippen LogP contribution in [-0.2, 0) is 31.8 Å². The van der Waals surface area contributed by atoms with Crippen LogP contribution in [0.1, 0.15) is 24.0 Å². The number of anilines is 2. The molecule has 2 N–H and O–H groups in total. The lowest BCUT2D eigenvalue weighted by molar-refractivity contribution is 0.308. The molecule has 2 aromatic carbocycles. The van der Waals surface area contributed by atoms with Gasteiger partial charge in [0.25, 0.3) is 0 Å². The Labute approximate surface area is 183 Å². The van der Waals surface area contributed by atoms with Gasteiger partial charge in [-0.25, -0.2) is 0 Å². The molecule has 6 heteroatoms. The van der Waals surface area contributed by atoms with E-state index in [1.165, 1.54) is 16.8 Å². The van der Waals surface area contributed by atoms with Gasteiger partial charge in [-0.2, -0.15) is 0 Å². The van der Waals surface area contributed by atoms with Crippen LogP contribution in [0.3, 0.4) is 0 Å². The smallest absolute Gasteiger partial charge is 0.113 e. The van der Waals surface area contributed by atoms with Crippen molar-refractivity contribution in [3.05, 3.63) is 59.7 Å². The summed E-state index contributed by atoms with van der Waals surface area (Å²) in [5.41, 5.74) is 4.65. The summed E-state index contributed by atoms with van der Waals surface area (Å²) in [6.45, 7) is 3.38. The summed E-state index contributed by atoms with van der Waals surface area (Å²) in [6.07, 6.45) is 4.92. The predicted molar refractivity (Wildman–Crippen MR) is 118 cm³/mol. The average Bonchev–Trinajstić information content (AvgIpc) is 3.60. The molecule has 4 fully saturated rings. The fraction of sp³-hybridized carbons (Fsp3) is 0.520. The molecule has 0 spiro atoms. The Balaban J connectivity index is 1.33. The first-order valence-corrected chi connectivity index (χ1v) is 11.4. The minimum Gasteiger partial charge on any atom is -0.373 e. The molecule has 4 unspecified atom stereocenters. The summed E-state index contributed by atoms with van der Waals surface area (Å²) in [5, 5.41) is 7.78. The van der Waals surface area contributed by atoms with Crippen molar-refractivity contribution in [2.24, 2.45) is 0 Å². The summed E-state index contributed by atoms with van der Waals surface area (Å²) >= 11 is 0. The van der Waals surface area contributed by atoms with E-state index in [9.17, 15) is 0 Å². The molecule has 2 aromatic rings. The molecule has 0 radical (unpaired) electrons. The number of para-hydroxylation sites is 1. The normalized spacial score (nSPS) is 29.7. The Morgan fingerprint density at radius 2 is 1.29 bits per heavy atom. The molecule has 0 saturated carbocycles. The van der Waals surface area contributed by atoms with Crippen molar-refractivity contribution in [2.45, 2.75) is 55.8 Å². The number of epoxide rings is 4. The van der Waals surface area contributed by atoms with Crippen LogP contribution in [-0.4, -0.2) is 56.5 Å². The molecular weight excluding hydrogens is 392 g/mol. The Hall–Kier alpha value is -2.12. The fourth-order valence-corrected chi connectivity index (χ4v) is 4.55. The summed E-state index contributed by atoms with van der Waals surface area (Å²) in [5.74, 6) is 0. The second-order valence-electron chi connectivity index (χ2n) is 9.28. The topological polar surface area (TPSA) is 74.2 Å². The lowest BCUT2D eigenvalue weighted by Gasteiger charge is -2.38. The van der Waals surface area contributed by atoms with Gasteiger partial charge in [0.2, 0.25) is 0 Å². The molecule has 4 aliphatic heterocycles. The van der Waals surface area contributed by atoms with Gasteiger partial charge in [0.05, 0.1) is 50.8 Å². The zero-order valence-corrected chi connectivity index (χ0v) is 17.7. The fourth-order valence-electron chi connectivity index (χ4n) is 4.55. The Morgan fingerprint density at radius 3 is 1.90 bits per heavy atom. The van der Waals surface area contributed by atoms with Crippen LogP contribution in [0, 0.1) is 0 Å². The highest BCUT2D eigenvalue weighted by Gasteiger charge is 2.43. The van der Waals surface area contributed by atoms with Gasteiger partial charge in [-0.15, -0.1) is 0 Å². The SMILES string of the molecule is c1ccc(NC(CC2CO2)(CC2CO2)Nc2cccc(CC3CO3)c2CC2CO2)cc1. The quantitative estimate of drug-likeness (QED) is 0.404. The molecule has 31 heavy (non-hydrogen) atoms. The van der Waals surface area contributed by atoms with Crippen LogP contribution in [0.25, 0.3) is 0 Å². The summed E-state index contributed by atoms with van der Waals surface area (Å²) in [4.78, 5) is 0. The highest BCUT2D eigenvalue weighted by Crippen LogP contribution is 2.37. The van der Waals surface area contributed by atoms with Gasteiger partial charge < -0.3 is 29.6 Å². The second kappa shape index (κ2) is 8.10. The van der Waals surface area contributed by atoms with Crippen LogP contribution >= 0.6 is 0 Å². The molecule has 4 saturated heterocycles. The largest absolute Gasteiger partial charge is 0.373 e. The molecule has 0 aliphatic carbocycles. The van der Waals surface area contributed by atoms with Crippen molar-refractivity contribution < 1.29 is 18.9 Å². The van der Waals surface area contributed by atoms with E-state index in [-0.39, 0.29) is 17.9 Å². The van der Waals surface area contributed by atoms with Crippen LogP contribution < -0.4 is 10.6 Å². The molecule has 0 aromatic heterocycles. The average molecular weight is 423 g/mol. The van der Waals surface area contributed by atoms with Crippen LogP contribution in [0.4, 0.5) is 11.4 Å². The Bertz CT molecular complexity index is 891. The maximum absolute atomic E-state index is 5.67. The van der Waals surface area contributed by atoms with E-state index in [1.54, 1.807) is 0 Å². The molecule has 0 amide bonds. The molecule has 164 valence electrons. The van der Waals surface area contributed by atoms with E-state index in [0.717, 1.165) is 57.8 Å². The van der Waals surface area contributed by atoms with Crippen LogP contribution in [0.5, 0.6) is 0 Å². The van der Waals surface area contributed by atoms with Gasteiger partial charge in [-0.05, 0) is 29.3 Å². The first-order chi connectivity index (χ1) is 15.2. The van der Waals surface area contributed by atoms with E-state index in [0.29, 0.717) is 12.2 Å². The monoisotopic (exact) mass is 422 g/mol. The third-order valence-electron chi connectivity index (χ3n) is 6.45. The van der Waals surface area contributed by atoms with E-state index in [1.807, 2.05) is 6.07 Å². The van der Waals surface area contributed by atoms with Gasteiger partial charge in [-0.1, -0.05) is 30.3 Å². The van der Waals surface area contributed by atoms with E-state index in [4.69, 9.17) is 18.9 Å². The highest BCUT2D eigenvalue weighted by atomic mass is 16.6. The summed E-state index contributed by atoms with van der Waals surface area (Å²) in [7, 11) is 0. The maximum atomic E-state index is 5.67. The zero-order valence-electron chi connectivity index (χ0n) is 17.7. The van der Waals surface area contributed by atoms with E-state index < -0.39 is 0 Å². The maximum Gasteiger partial charge on any atom is 0.113 e. The standard InChI is InChI=1S/C25H30N2O4/c1-2-6-18(7-3-1)26-25(11-21-15-30-21,12-22-16-31-22)27-24-8-4-5-17(9-19-13-28-19)23(24)10-20-14-29-20/h1-8,19-22,26-27H,9-16H2. The summed E-state index contributed by atoms with van der Waals surface area (Å²) < 4.78 is 22.5. The van der Waals surface area contributed by atoms with E-state index >= 15 is 0 Å². The van der Waals surface area contributed by atoms with Crippen molar-refractivity contribution in [2.75, 3.05) is 37.1 Å². The minimum absolute atomic E-state index is 0.278. The molecule has 6 rings (SSSR count). The molecule has 4 heterocycles. The minimum atomic E-state index is -0.350. The highest BCUT2D eigenvalue weighted by molar-refractivity contribution is 5.59. The van der Waals surface area contributed by atoms with Crippen molar-refractivity contribution in [1.29, 1.82) is 0 Å². The lowest BCUT2D eigenvalue weighted by atomic mass is 9.93. The van der Waals surface area contributed by atoms with Gasteiger partial charge in [-0.3, -0.25) is 0 Å². The number of hydrogen-bond donors (Lipinski definition) is 2.